The summed E-state index contributed by atoms with van der Waals surface area (Å²) in [5, 5.41) is 12.6. The predicted octanol–water partition coefficient (Wildman–Crippen LogP) is 4.19. The van der Waals surface area contributed by atoms with Gasteiger partial charge in [-0.1, -0.05) is 23.4 Å². The molecule has 2 heterocycles. The van der Waals surface area contributed by atoms with E-state index in [1.807, 2.05) is 32.3 Å². The van der Waals surface area contributed by atoms with Crippen molar-refractivity contribution in [2.45, 2.75) is 19.4 Å². The largest absolute Gasteiger partial charge is 0.459 e. The molecule has 2 aromatic heterocycles. The monoisotopic (exact) mass is 347 g/mol. The van der Waals surface area contributed by atoms with E-state index in [0.29, 0.717) is 0 Å². The van der Waals surface area contributed by atoms with Crippen molar-refractivity contribution in [3.8, 4) is 22.5 Å². The van der Waals surface area contributed by atoms with Crippen LogP contribution in [0, 0.1) is 0 Å². The van der Waals surface area contributed by atoms with Gasteiger partial charge in [0.1, 0.15) is 11.5 Å². The maximum Gasteiger partial charge on any atom is 0.142 e. The molecule has 0 fully saturated rings. The zero-order valence-corrected chi connectivity index (χ0v) is 14.9. The summed E-state index contributed by atoms with van der Waals surface area (Å²) in [5.74, 6) is 1.79. The second kappa shape index (κ2) is 6.77. The normalized spacial score (nSPS) is 15.0. The fraction of sp³-hybridized carbons (Fsp3) is 0.238. The summed E-state index contributed by atoms with van der Waals surface area (Å²) in [4.78, 5) is 6.20. The highest BCUT2D eigenvalue weighted by atomic mass is 16.4. The molecule has 0 unspecified atom stereocenters. The number of rotatable bonds is 4. The van der Waals surface area contributed by atoms with Gasteiger partial charge in [-0.15, -0.1) is 0 Å². The summed E-state index contributed by atoms with van der Waals surface area (Å²) in [6.45, 7) is 0.740. The molecule has 132 valence electrons. The van der Waals surface area contributed by atoms with Crippen molar-refractivity contribution >= 4 is 5.71 Å². The number of furan rings is 1. The van der Waals surface area contributed by atoms with Gasteiger partial charge in [0.2, 0.25) is 0 Å². The first kappa shape index (κ1) is 16.5. The molecule has 3 aromatic rings. The molecule has 26 heavy (non-hydrogen) atoms. The van der Waals surface area contributed by atoms with Crippen LogP contribution < -0.4 is 0 Å². The van der Waals surface area contributed by atoms with E-state index in [-0.39, 0.29) is 0 Å². The molecule has 0 radical (unpaired) electrons. The quantitative estimate of drug-likeness (QED) is 0.568. The Morgan fingerprint density at radius 3 is 2.58 bits per heavy atom. The van der Waals surface area contributed by atoms with E-state index >= 15 is 0 Å². The first-order chi connectivity index (χ1) is 12.7. The summed E-state index contributed by atoms with van der Waals surface area (Å²) < 4.78 is 6.19. The first-order valence-corrected chi connectivity index (χ1v) is 8.68. The van der Waals surface area contributed by atoms with Crippen molar-refractivity contribution in [3.05, 3.63) is 65.7 Å². The second-order valence-electron chi connectivity index (χ2n) is 6.85. The Balaban J connectivity index is 1.82. The van der Waals surface area contributed by atoms with Gasteiger partial charge in [0.05, 0.1) is 12.3 Å². The van der Waals surface area contributed by atoms with Crippen LogP contribution in [-0.2, 0) is 13.0 Å². The molecule has 5 nitrogen and oxygen atoms in total. The number of nitrogens with zero attached hydrogens (tertiary/aromatic N) is 3. The first-order valence-electron chi connectivity index (χ1n) is 8.68. The standard InChI is InChI=1S/C21H21N3O2/c1-24(2)13-17-12-19(21(26-17)14-7-9-22-10-8-14)16-3-5-18-15(11-16)4-6-20(18)23-25/h3,5,7-12,25H,4,6,13H2,1-2H3. The van der Waals surface area contributed by atoms with Crippen LogP contribution in [0.4, 0.5) is 0 Å². The Bertz CT molecular complexity index is 959. The van der Waals surface area contributed by atoms with Crippen molar-refractivity contribution in [3.63, 3.8) is 0 Å². The van der Waals surface area contributed by atoms with Gasteiger partial charge in [-0.05, 0) is 56.3 Å². The van der Waals surface area contributed by atoms with Crippen LogP contribution in [0.1, 0.15) is 23.3 Å². The van der Waals surface area contributed by atoms with Crippen LogP contribution >= 0.6 is 0 Å². The van der Waals surface area contributed by atoms with Crippen molar-refractivity contribution in [1.82, 2.24) is 9.88 Å². The summed E-state index contributed by atoms with van der Waals surface area (Å²) in [6.07, 6.45) is 5.24. The smallest absolute Gasteiger partial charge is 0.142 e. The van der Waals surface area contributed by atoms with E-state index in [4.69, 9.17) is 9.62 Å². The number of hydrogen-bond acceptors (Lipinski definition) is 5. The van der Waals surface area contributed by atoms with Gasteiger partial charge in [0, 0.05) is 29.1 Å². The lowest BCUT2D eigenvalue weighted by atomic mass is 9.98. The van der Waals surface area contributed by atoms with Gasteiger partial charge < -0.3 is 14.5 Å². The number of aryl methyl sites for hydroxylation is 1. The molecule has 0 saturated heterocycles. The molecule has 0 amide bonds. The lowest BCUT2D eigenvalue weighted by Crippen LogP contribution is -2.09. The lowest BCUT2D eigenvalue weighted by molar-refractivity contribution is 0.318. The lowest BCUT2D eigenvalue weighted by Gasteiger charge is -2.06. The van der Waals surface area contributed by atoms with E-state index in [9.17, 15) is 0 Å². The van der Waals surface area contributed by atoms with E-state index in [1.165, 1.54) is 5.56 Å². The maximum absolute atomic E-state index is 9.14. The Kier molecular flexibility index (Phi) is 4.31. The Morgan fingerprint density at radius 2 is 1.85 bits per heavy atom. The summed E-state index contributed by atoms with van der Waals surface area (Å²) >= 11 is 0. The molecular weight excluding hydrogens is 326 g/mol. The van der Waals surface area contributed by atoms with Crippen molar-refractivity contribution in [2.75, 3.05) is 14.1 Å². The zero-order valence-electron chi connectivity index (χ0n) is 14.9. The third-order valence-electron chi connectivity index (χ3n) is 4.68. The van der Waals surface area contributed by atoms with Crippen LogP contribution in [0.2, 0.25) is 0 Å². The molecule has 0 atom stereocenters. The van der Waals surface area contributed by atoms with Crippen molar-refractivity contribution in [2.24, 2.45) is 5.16 Å². The average molecular weight is 347 g/mol. The molecular formula is C21H21N3O2. The number of hydrogen-bond donors (Lipinski definition) is 1. The number of oxime groups is 1. The van der Waals surface area contributed by atoms with Crippen LogP contribution in [0.3, 0.4) is 0 Å². The van der Waals surface area contributed by atoms with Crippen LogP contribution in [-0.4, -0.2) is 34.9 Å². The highest BCUT2D eigenvalue weighted by Gasteiger charge is 2.21. The van der Waals surface area contributed by atoms with Gasteiger partial charge in [-0.3, -0.25) is 4.98 Å². The summed E-state index contributed by atoms with van der Waals surface area (Å²) in [6, 6.07) is 12.3. The van der Waals surface area contributed by atoms with Crippen LogP contribution in [0.15, 0.2) is 58.4 Å². The number of fused-ring (bicyclic) bond motifs is 1. The molecule has 0 spiro atoms. The molecule has 1 aliphatic rings. The SMILES string of the molecule is CN(C)Cc1cc(-c2ccc3c(c2)CCC3=NO)c(-c2ccncc2)o1. The van der Waals surface area contributed by atoms with E-state index in [1.54, 1.807) is 12.4 Å². The molecule has 4 rings (SSSR count). The average Bonchev–Trinajstić information content (AvgIpc) is 3.25. The predicted molar refractivity (Wildman–Crippen MR) is 101 cm³/mol. The maximum atomic E-state index is 9.14. The third kappa shape index (κ3) is 3.02. The minimum atomic E-state index is 0.740. The minimum absolute atomic E-state index is 0.740. The number of pyridine rings is 1. The van der Waals surface area contributed by atoms with E-state index in [2.05, 4.69) is 33.2 Å². The Morgan fingerprint density at radius 1 is 1.04 bits per heavy atom. The van der Waals surface area contributed by atoms with Gasteiger partial charge in [-0.25, -0.2) is 0 Å². The second-order valence-corrected chi connectivity index (χ2v) is 6.85. The molecule has 0 saturated carbocycles. The molecule has 0 bridgehead atoms. The summed E-state index contributed by atoms with van der Waals surface area (Å²) in [5.41, 5.74) is 6.22. The van der Waals surface area contributed by atoms with Crippen LogP contribution in [0.25, 0.3) is 22.5 Å². The molecule has 1 aliphatic carbocycles. The van der Waals surface area contributed by atoms with E-state index in [0.717, 1.165) is 58.9 Å². The molecule has 1 aromatic carbocycles. The third-order valence-corrected chi connectivity index (χ3v) is 4.68. The summed E-state index contributed by atoms with van der Waals surface area (Å²) in [7, 11) is 4.05. The van der Waals surface area contributed by atoms with E-state index < -0.39 is 0 Å². The fourth-order valence-corrected chi connectivity index (χ4v) is 3.51. The topological polar surface area (TPSA) is 61.9 Å². The van der Waals surface area contributed by atoms with Gasteiger partial charge in [-0.2, -0.15) is 0 Å². The van der Waals surface area contributed by atoms with Crippen molar-refractivity contribution in [1.29, 1.82) is 0 Å². The highest BCUT2D eigenvalue weighted by molar-refractivity contribution is 6.04. The van der Waals surface area contributed by atoms with Gasteiger partial charge in [0.15, 0.2) is 0 Å². The Labute approximate surface area is 152 Å². The minimum Gasteiger partial charge on any atom is -0.459 e. The Hall–Kier alpha value is -2.92. The van der Waals surface area contributed by atoms with Gasteiger partial charge >= 0.3 is 0 Å². The molecule has 0 aliphatic heterocycles. The number of aromatic nitrogens is 1. The van der Waals surface area contributed by atoms with Gasteiger partial charge in [0.25, 0.3) is 0 Å². The fourth-order valence-electron chi connectivity index (χ4n) is 3.51. The number of benzene rings is 1. The zero-order chi connectivity index (χ0) is 18.1. The highest BCUT2D eigenvalue weighted by Crippen LogP contribution is 2.37. The van der Waals surface area contributed by atoms with Crippen molar-refractivity contribution < 1.29 is 9.62 Å². The molecule has 5 heteroatoms. The molecule has 1 N–H and O–H groups in total. The van der Waals surface area contributed by atoms with Crippen LogP contribution in [0.5, 0.6) is 0 Å².